The molecule has 0 aliphatic heterocycles. The lowest BCUT2D eigenvalue weighted by molar-refractivity contribution is -0.0234. The van der Waals surface area contributed by atoms with E-state index in [-0.39, 0.29) is 17.1 Å². The first-order chi connectivity index (χ1) is 26.0. The fourth-order valence-corrected chi connectivity index (χ4v) is 4.43. The van der Waals surface area contributed by atoms with Gasteiger partial charge >= 0.3 is 0 Å². The number of amides is 1. The van der Waals surface area contributed by atoms with Gasteiger partial charge in [-0.25, -0.2) is 14.6 Å². The van der Waals surface area contributed by atoms with Crippen LogP contribution in [0.4, 0.5) is 5.69 Å². The number of hydrogen-bond acceptors (Lipinski definition) is 15. The predicted molar refractivity (Wildman–Crippen MR) is 192 cm³/mol. The molecule has 0 bridgehead atoms. The summed E-state index contributed by atoms with van der Waals surface area (Å²) in [5.74, 6) is 0.376. The zero-order chi connectivity index (χ0) is 37.4. The zero-order valence-electron chi connectivity index (χ0n) is 30.3. The van der Waals surface area contributed by atoms with Crippen molar-refractivity contribution in [3.8, 4) is 17.3 Å². The Kier molecular flexibility index (Phi) is 19.4. The Hall–Kier alpha value is -4.33. The molecular formula is C36H49N5O12. The molecule has 0 spiro atoms. The summed E-state index contributed by atoms with van der Waals surface area (Å²) in [7, 11) is 1.55. The normalized spacial score (nSPS) is 11.4. The molecule has 1 N–H and O–H groups in total. The van der Waals surface area contributed by atoms with E-state index in [4.69, 9.17) is 47.0 Å². The van der Waals surface area contributed by atoms with E-state index in [1.807, 2.05) is 6.92 Å². The van der Waals surface area contributed by atoms with E-state index in [0.29, 0.717) is 141 Å². The maximum absolute atomic E-state index is 12.8. The molecule has 53 heavy (non-hydrogen) atoms. The van der Waals surface area contributed by atoms with Crippen molar-refractivity contribution in [3.63, 3.8) is 0 Å². The van der Waals surface area contributed by atoms with Gasteiger partial charge in [0.05, 0.1) is 105 Å². The fraction of sp³-hybridized carbons (Fsp3) is 0.528. The van der Waals surface area contributed by atoms with Crippen molar-refractivity contribution in [2.75, 3.05) is 118 Å². The smallest absolute Gasteiger partial charge is 0.274 e. The van der Waals surface area contributed by atoms with E-state index < -0.39 is 5.91 Å². The van der Waals surface area contributed by atoms with Crippen LogP contribution in [0.1, 0.15) is 17.4 Å². The van der Waals surface area contributed by atoms with Crippen molar-refractivity contribution in [2.24, 2.45) is 7.05 Å². The van der Waals surface area contributed by atoms with Crippen LogP contribution in [0.5, 0.6) is 5.75 Å². The Morgan fingerprint density at radius 1 is 0.698 bits per heavy atom. The van der Waals surface area contributed by atoms with Crippen molar-refractivity contribution in [1.29, 1.82) is 0 Å². The minimum absolute atomic E-state index is 0.215. The van der Waals surface area contributed by atoms with Crippen LogP contribution in [0, 0.1) is 0 Å². The number of fused-ring (bicyclic) bond motifs is 1. The van der Waals surface area contributed by atoms with Gasteiger partial charge < -0.3 is 52.4 Å². The van der Waals surface area contributed by atoms with E-state index in [1.165, 1.54) is 16.9 Å². The van der Waals surface area contributed by atoms with Crippen molar-refractivity contribution >= 4 is 22.7 Å². The summed E-state index contributed by atoms with van der Waals surface area (Å²) in [6.07, 6.45) is 1.48. The SMILES string of the molecule is CCOCCOCCOCCOCCOCCOCCOCCOCCOc1ccc(C(=O)Nc2ccc3oc(-c4ccc(=O)n(C)n4)nc3c2)nc1. The summed E-state index contributed by atoms with van der Waals surface area (Å²) in [5.41, 5.74) is 1.94. The molecular weight excluding hydrogens is 694 g/mol. The number of carbonyl (C=O) groups is 1. The lowest BCUT2D eigenvalue weighted by Crippen LogP contribution is -2.18. The van der Waals surface area contributed by atoms with E-state index in [1.54, 1.807) is 43.4 Å². The zero-order valence-corrected chi connectivity index (χ0v) is 30.3. The van der Waals surface area contributed by atoms with Crippen LogP contribution in [0.15, 0.2) is 57.9 Å². The topological polar surface area (TPSA) is 186 Å². The lowest BCUT2D eigenvalue weighted by atomic mass is 10.2. The molecule has 1 aromatic carbocycles. The van der Waals surface area contributed by atoms with Crippen LogP contribution in [0.2, 0.25) is 0 Å². The monoisotopic (exact) mass is 743 g/mol. The molecule has 290 valence electrons. The molecule has 0 saturated carbocycles. The fourth-order valence-electron chi connectivity index (χ4n) is 4.43. The third kappa shape index (κ3) is 16.1. The first-order valence-electron chi connectivity index (χ1n) is 17.5. The van der Waals surface area contributed by atoms with Gasteiger partial charge in [-0.05, 0) is 43.3 Å². The van der Waals surface area contributed by atoms with Crippen LogP contribution in [-0.2, 0) is 44.9 Å². The number of rotatable bonds is 29. The van der Waals surface area contributed by atoms with E-state index in [0.717, 1.165) is 0 Å². The van der Waals surface area contributed by atoms with Crippen molar-refractivity contribution in [2.45, 2.75) is 6.92 Å². The quantitative estimate of drug-likeness (QED) is 0.0800. The van der Waals surface area contributed by atoms with Crippen molar-refractivity contribution < 1.29 is 51.8 Å². The average Bonchev–Trinajstić information content (AvgIpc) is 3.60. The van der Waals surface area contributed by atoms with Gasteiger partial charge in [-0.2, -0.15) is 5.10 Å². The second-order valence-corrected chi connectivity index (χ2v) is 11.0. The summed E-state index contributed by atoms with van der Waals surface area (Å²) >= 11 is 0. The largest absolute Gasteiger partial charge is 0.490 e. The highest BCUT2D eigenvalue weighted by atomic mass is 16.6. The number of hydrogen-bond donors (Lipinski definition) is 1. The van der Waals surface area contributed by atoms with Gasteiger partial charge in [0.2, 0.25) is 5.89 Å². The van der Waals surface area contributed by atoms with Crippen LogP contribution < -0.4 is 15.6 Å². The molecule has 0 atom stereocenters. The number of benzene rings is 1. The predicted octanol–water partition coefficient (Wildman–Crippen LogP) is 2.77. The molecule has 0 aliphatic carbocycles. The summed E-state index contributed by atoms with van der Waals surface area (Å²) < 4.78 is 56.1. The Bertz CT molecular complexity index is 1670. The van der Waals surface area contributed by atoms with Gasteiger partial charge in [0.1, 0.15) is 29.3 Å². The third-order valence-electron chi connectivity index (χ3n) is 7.10. The number of carbonyl (C=O) groups excluding carboxylic acids is 1. The maximum Gasteiger partial charge on any atom is 0.274 e. The highest BCUT2D eigenvalue weighted by Gasteiger charge is 2.13. The van der Waals surface area contributed by atoms with Crippen LogP contribution in [0.25, 0.3) is 22.7 Å². The van der Waals surface area contributed by atoms with Gasteiger partial charge in [0, 0.05) is 25.4 Å². The van der Waals surface area contributed by atoms with E-state index in [9.17, 15) is 9.59 Å². The second-order valence-electron chi connectivity index (χ2n) is 11.0. The molecule has 3 heterocycles. The molecule has 0 fully saturated rings. The van der Waals surface area contributed by atoms with Gasteiger partial charge in [-0.1, -0.05) is 0 Å². The summed E-state index contributed by atoms with van der Waals surface area (Å²) in [5, 5.41) is 6.96. The number of aryl methyl sites for hydroxylation is 1. The molecule has 3 aromatic heterocycles. The highest BCUT2D eigenvalue weighted by Crippen LogP contribution is 2.25. The van der Waals surface area contributed by atoms with Crippen molar-refractivity contribution in [3.05, 3.63) is 64.7 Å². The molecule has 17 heteroatoms. The number of nitrogens with one attached hydrogen (secondary N) is 1. The number of anilines is 1. The molecule has 0 aliphatic rings. The third-order valence-corrected chi connectivity index (χ3v) is 7.10. The van der Waals surface area contributed by atoms with Gasteiger partial charge in [0.15, 0.2) is 5.58 Å². The Morgan fingerprint density at radius 3 is 1.75 bits per heavy atom. The number of nitrogens with zero attached hydrogens (tertiary/aromatic N) is 4. The standard InChI is InChI=1S/C36H49N5O12/c1-3-44-10-11-45-12-13-46-14-15-47-16-17-48-18-19-49-20-21-50-22-23-51-24-25-52-29-5-6-30(37-27-29)35(43)38-28-4-8-33-32(26-28)39-36(53-33)31-7-9-34(42)41(2)40-31/h4-9,26-27H,3,10-25H2,1-2H3,(H,38,43). The second kappa shape index (κ2) is 24.8. The van der Waals surface area contributed by atoms with Gasteiger partial charge in [0.25, 0.3) is 11.5 Å². The number of oxazole rings is 1. The number of pyridine rings is 1. The number of aromatic nitrogens is 4. The molecule has 0 radical (unpaired) electrons. The summed E-state index contributed by atoms with van der Waals surface area (Å²) in [4.78, 5) is 33.0. The first kappa shape index (κ1) is 41.4. The van der Waals surface area contributed by atoms with E-state index in [2.05, 4.69) is 20.4 Å². The minimum Gasteiger partial charge on any atom is -0.490 e. The number of ether oxygens (including phenoxy) is 9. The Morgan fingerprint density at radius 2 is 1.25 bits per heavy atom. The molecule has 4 rings (SSSR count). The summed E-state index contributed by atoms with van der Waals surface area (Å²) in [6, 6.07) is 11.2. The Labute approximate surface area is 307 Å². The minimum atomic E-state index is -0.396. The highest BCUT2D eigenvalue weighted by molar-refractivity contribution is 6.03. The first-order valence-corrected chi connectivity index (χ1v) is 17.5. The average molecular weight is 744 g/mol. The molecule has 0 saturated heterocycles. The van der Waals surface area contributed by atoms with Crippen LogP contribution >= 0.6 is 0 Å². The summed E-state index contributed by atoms with van der Waals surface area (Å²) in [6.45, 7) is 10.3. The Balaban J connectivity index is 0.944. The molecule has 1 amide bonds. The van der Waals surface area contributed by atoms with Gasteiger partial charge in [-0.3, -0.25) is 9.59 Å². The van der Waals surface area contributed by atoms with Crippen LogP contribution in [0.3, 0.4) is 0 Å². The molecule has 0 unspecified atom stereocenters. The maximum atomic E-state index is 12.8. The van der Waals surface area contributed by atoms with E-state index >= 15 is 0 Å². The van der Waals surface area contributed by atoms with Crippen LogP contribution in [-0.4, -0.2) is 138 Å². The molecule has 4 aromatic rings. The van der Waals surface area contributed by atoms with Gasteiger partial charge in [-0.15, -0.1) is 0 Å². The van der Waals surface area contributed by atoms with Crippen molar-refractivity contribution in [1.82, 2.24) is 19.7 Å². The molecule has 17 nitrogen and oxygen atoms in total. The lowest BCUT2D eigenvalue weighted by Gasteiger charge is -2.09.